The molecule has 0 saturated heterocycles. The SMILES string of the molecule is CC1CCC(C)C(C#N)(Nc2ccccc2Cl)C1. The maximum atomic E-state index is 9.63. The summed E-state index contributed by atoms with van der Waals surface area (Å²) in [6.45, 7) is 4.37. The maximum absolute atomic E-state index is 9.63. The summed E-state index contributed by atoms with van der Waals surface area (Å²) in [5.41, 5.74) is 0.379. The Balaban J connectivity index is 2.28. The second-order valence-electron chi connectivity index (χ2n) is 5.48. The maximum Gasteiger partial charge on any atom is 0.128 e. The van der Waals surface area contributed by atoms with E-state index in [1.54, 1.807) is 0 Å². The van der Waals surface area contributed by atoms with Gasteiger partial charge in [0.1, 0.15) is 5.54 Å². The number of anilines is 1. The lowest BCUT2D eigenvalue weighted by atomic mass is 9.70. The van der Waals surface area contributed by atoms with Crippen LogP contribution in [0.15, 0.2) is 24.3 Å². The van der Waals surface area contributed by atoms with Crippen LogP contribution >= 0.6 is 11.6 Å². The van der Waals surface area contributed by atoms with Crippen molar-refractivity contribution in [2.24, 2.45) is 11.8 Å². The van der Waals surface area contributed by atoms with Crippen molar-refractivity contribution < 1.29 is 0 Å². The third-order valence-electron chi connectivity index (χ3n) is 4.04. The number of benzene rings is 1. The van der Waals surface area contributed by atoms with Crippen LogP contribution in [0.2, 0.25) is 5.02 Å². The van der Waals surface area contributed by atoms with Crippen molar-refractivity contribution in [1.82, 2.24) is 0 Å². The Labute approximate surface area is 114 Å². The van der Waals surface area contributed by atoms with Gasteiger partial charge in [-0.05, 0) is 36.8 Å². The zero-order chi connectivity index (χ0) is 13.2. The van der Waals surface area contributed by atoms with Crippen LogP contribution in [0.25, 0.3) is 0 Å². The van der Waals surface area contributed by atoms with E-state index in [9.17, 15) is 5.26 Å². The van der Waals surface area contributed by atoms with E-state index >= 15 is 0 Å². The molecule has 1 fully saturated rings. The first-order chi connectivity index (χ1) is 8.57. The third-order valence-corrected chi connectivity index (χ3v) is 4.36. The summed E-state index contributed by atoms with van der Waals surface area (Å²) < 4.78 is 0. The minimum absolute atomic E-state index is 0.343. The molecule has 2 rings (SSSR count). The Morgan fingerprint density at radius 2 is 2.06 bits per heavy atom. The fourth-order valence-electron chi connectivity index (χ4n) is 2.79. The normalized spacial score (nSPS) is 31.7. The number of nitriles is 1. The van der Waals surface area contributed by atoms with Crippen molar-refractivity contribution >= 4 is 17.3 Å². The zero-order valence-electron chi connectivity index (χ0n) is 10.9. The van der Waals surface area contributed by atoms with E-state index < -0.39 is 5.54 Å². The monoisotopic (exact) mass is 262 g/mol. The molecule has 3 atom stereocenters. The molecule has 1 aliphatic rings. The van der Waals surface area contributed by atoms with Crippen molar-refractivity contribution in [3.05, 3.63) is 29.3 Å². The number of halogens is 1. The predicted octanol–water partition coefficient (Wildman–Crippen LogP) is 4.47. The van der Waals surface area contributed by atoms with Crippen molar-refractivity contribution in [2.75, 3.05) is 5.32 Å². The highest BCUT2D eigenvalue weighted by atomic mass is 35.5. The summed E-state index contributed by atoms with van der Waals surface area (Å²) >= 11 is 6.17. The van der Waals surface area contributed by atoms with Crippen LogP contribution < -0.4 is 5.32 Å². The average molecular weight is 263 g/mol. The van der Waals surface area contributed by atoms with Crippen LogP contribution in [0.3, 0.4) is 0 Å². The van der Waals surface area contributed by atoms with Gasteiger partial charge in [0, 0.05) is 0 Å². The smallest absolute Gasteiger partial charge is 0.128 e. The molecule has 1 N–H and O–H groups in total. The molecule has 0 heterocycles. The second kappa shape index (κ2) is 5.20. The standard InChI is InChI=1S/C15H19ClN2/c1-11-7-8-12(2)15(9-11,10-17)18-14-6-4-3-5-13(14)16/h3-6,11-12,18H,7-9H2,1-2H3. The van der Waals surface area contributed by atoms with Crippen LogP contribution in [0.1, 0.15) is 33.1 Å². The first kappa shape index (κ1) is 13.2. The van der Waals surface area contributed by atoms with Gasteiger partial charge in [0.25, 0.3) is 0 Å². The van der Waals surface area contributed by atoms with Crippen molar-refractivity contribution in [1.29, 1.82) is 5.26 Å². The molecule has 0 aliphatic heterocycles. The largest absolute Gasteiger partial charge is 0.366 e. The zero-order valence-corrected chi connectivity index (χ0v) is 11.7. The number of rotatable bonds is 2. The van der Waals surface area contributed by atoms with E-state index in [1.807, 2.05) is 24.3 Å². The summed E-state index contributed by atoms with van der Waals surface area (Å²) in [6, 6.07) is 10.1. The topological polar surface area (TPSA) is 35.8 Å². The van der Waals surface area contributed by atoms with Crippen LogP contribution in [-0.2, 0) is 0 Å². The van der Waals surface area contributed by atoms with Gasteiger partial charge in [-0.3, -0.25) is 0 Å². The van der Waals surface area contributed by atoms with Gasteiger partial charge >= 0.3 is 0 Å². The van der Waals surface area contributed by atoms with Gasteiger partial charge in [-0.25, -0.2) is 0 Å². The first-order valence-electron chi connectivity index (χ1n) is 6.51. The van der Waals surface area contributed by atoms with E-state index in [0.29, 0.717) is 16.9 Å². The highest BCUT2D eigenvalue weighted by Gasteiger charge is 2.41. The Morgan fingerprint density at radius 3 is 2.72 bits per heavy atom. The summed E-state index contributed by atoms with van der Waals surface area (Å²) in [4.78, 5) is 0. The fourth-order valence-corrected chi connectivity index (χ4v) is 2.98. The molecule has 0 spiro atoms. The molecule has 0 bridgehead atoms. The molecular formula is C15H19ClN2. The molecule has 18 heavy (non-hydrogen) atoms. The van der Waals surface area contributed by atoms with Crippen molar-refractivity contribution in [3.63, 3.8) is 0 Å². The predicted molar refractivity (Wildman–Crippen MR) is 75.6 cm³/mol. The van der Waals surface area contributed by atoms with E-state index in [0.717, 1.165) is 18.5 Å². The number of nitrogens with one attached hydrogen (secondary N) is 1. The van der Waals surface area contributed by atoms with Gasteiger partial charge in [0.15, 0.2) is 0 Å². The molecule has 1 saturated carbocycles. The number of para-hydroxylation sites is 1. The molecule has 0 radical (unpaired) electrons. The second-order valence-corrected chi connectivity index (χ2v) is 5.88. The van der Waals surface area contributed by atoms with E-state index in [1.165, 1.54) is 6.42 Å². The van der Waals surface area contributed by atoms with Crippen LogP contribution in [0.4, 0.5) is 5.69 Å². The number of hydrogen-bond donors (Lipinski definition) is 1. The lowest BCUT2D eigenvalue weighted by molar-refractivity contribution is 0.229. The highest BCUT2D eigenvalue weighted by molar-refractivity contribution is 6.33. The van der Waals surface area contributed by atoms with Gasteiger partial charge in [0.05, 0.1) is 16.8 Å². The summed E-state index contributed by atoms with van der Waals surface area (Å²) in [5, 5.41) is 13.7. The number of hydrogen-bond acceptors (Lipinski definition) is 2. The molecule has 2 nitrogen and oxygen atoms in total. The Hall–Kier alpha value is -1.20. The molecule has 1 aromatic carbocycles. The minimum Gasteiger partial charge on any atom is -0.366 e. The molecule has 1 aliphatic carbocycles. The van der Waals surface area contributed by atoms with E-state index in [4.69, 9.17) is 11.6 Å². The summed E-state index contributed by atoms with van der Waals surface area (Å²) in [6.07, 6.45) is 3.18. The first-order valence-corrected chi connectivity index (χ1v) is 6.89. The summed E-state index contributed by atoms with van der Waals surface area (Å²) in [7, 11) is 0. The van der Waals surface area contributed by atoms with Gasteiger partial charge in [-0.15, -0.1) is 0 Å². The molecule has 3 heteroatoms. The van der Waals surface area contributed by atoms with Gasteiger partial charge in [0.2, 0.25) is 0 Å². The molecule has 1 aromatic rings. The lowest BCUT2D eigenvalue weighted by Crippen LogP contribution is -2.47. The van der Waals surface area contributed by atoms with E-state index in [-0.39, 0.29) is 0 Å². The number of nitrogens with zero attached hydrogens (tertiary/aromatic N) is 1. The fraction of sp³-hybridized carbons (Fsp3) is 0.533. The molecular weight excluding hydrogens is 244 g/mol. The van der Waals surface area contributed by atoms with Crippen LogP contribution in [-0.4, -0.2) is 5.54 Å². The molecule has 3 unspecified atom stereocenters. The minimum atomic E-state index is -0.483. The Kier molecular flexibility index (Phi) is 3.82. The Morgan fingerprint density at radius 1 is 1.33 bits per heavy atom. The van der Waals surface area contributed by atoms with Gasteiger partial charge < -0.3 is 5.32 Å². The third kappa shape index (κ3) is 2.47. The van der Waals surface area contributed by atoms with Crippen LogP contribution in [0.5, 0.6) is 0 Å². The lowest BCUT2D eigenvalue weighted by Gasteiger charge is -2.41. The highest BCUT2D eigenvalue weighted by Crippen LogP contribution is 2.39. The average Bonchev–Trinajstić information content (AvgIpc) is 2.36. The Bertz CT molecular complexity index is 466. The molecule has 96 valence electrons. The molecule has 0 amide bonds. The summed E-state index contributed by atoms with van der Waals surface area (Å²) in [5.74, 6) is 0.922. The van der Waals surface area contributed by atoms with Crippen molar-refractivity contribution in [2.45, 2.75) is 38.6 Å². The van der Waals surface area contributed by atoms with E-state index in [2.05, 4.69) is 25.2 Å². The van der Waals surface area contributed by atoms with Gasteiger partial charge in [-0.1, -0.05) is 44.0 Å². The van der Waals surface area contributed by atoms with Gasteiger partial charge in [-0.2, -0.15) is 5.26 Å². The van der Waals surface area contributed by atoms with Crippen LogP contribution in [0, 0.1) is 23.2 Å². The molecule has 0 aromatic heterocycles. The quantitative estimate of drug-likeness (QED) is 0.854. The van der Waals surface area contributed by atoms with Crippen molar-refractivity contribution in [3.8, 4) is 6.07 Å².